The first-order chi connectivity index (χ1) is 7.72. The zero-order chi connectivity index (χ0) is 11.5. The standard InChI is InChI=1S/C11H12BrN3O/c1-7-3-2-4-8(10(7)12)11-15-14-9(16-11)5-6-13/h2-4H,5-6,13H2,1H3. The number of aryl methyl sites for hydroxylation is 1. The fourth-order valence-corrected chi connectivity index (χ4v) is 1.83. The third-order valence-electron chi connectivity index (χ3n) is 2.25. The van der Waals surface area contributed by atoms with Gasteiger partial charge in [-0.3, -0.25) is 0 Å². The van der Waals surface area contributed by atoms with Gasteiger partial charge < -0.3 is 10.2 Å². The Balaban J connectivity index is 2.39. The maximum atomic E-state index is 5.51. The molecule has 1 aromatic heterocycles. The first kappa shape index (κ1) is 11.3. The van der Waals surface area contributed by atoms with E-state index in [9.17, 15) is 0 Å². The highest BCUT2D eigenvalue weighted by molar-refractivity contribution is 9.10. The highest BCUT2D eigenvalue weighted by Gasteiger charge is 2.12. The summed E-state index contributed by atoms with van der Waals surface area (Å²) < 4.78 is 6.50. The van der Waals surface area contributed by atoms with Gasteiger partial charge in [0.25, 0.3) is 0 Å². The molecule has 0 saturated heterocycles. The molecule has 2 aromatic rings. The maximum Gasteiger partial charge on any atom is 0.248 e. The van der Waals surface area contributed by atoms with Crippen LogP contribution in [-0.4, -0.2) is 16.7 Å². The van der Waals surface area contributed by atoms with Crippen LogP contribution in [0.15, 0.2) is 27.1 Å². The fraction of sp³-hybridized carbons (Fsp3) is 0.273. The van der Waals surface area contributed by atoms with Gasteiger partial charge in [0.2, 0.25) is 11.8 Å². The average Bonchev–Trinajstić information content (AvgIpc) is 2.71. The van der Waals surface area contributed by atoms with Gasteiger partial charge in [0.1, 0.15) is 0 Å². The molecule has 2 rings (SSSR count). The number of hydrogen-bond donors (Lipinski definition) is 1. The van der Waals surface area contributed by atoms with E-state index < -0.39 is 0 Å². The van der Waals surface area contributed by atoms with Gasteiger partial charge in [-0.05, 0) is 34.5 Å². The van der Waals surface area contributed by atoms with Crippen LogP contribution in [0.2, 0.25) is 0 Å². The van der Waals surface area contributed by atoms with Crippen molar-refractivity contribution in [2.24, 2.45) is 5.73 Å². The SMILES string of the molecule is Cc1cccc(-c2nnc(CCN)o2)c1Br. The van der Waals surface area contributed by atoms with E-state index in [2.05, 4.69) is 26.1 Å². The summed E-state index contributed by atoms with van der Waals surface area (Å²) in [4.78, 5) is 0. The van der Waals surface area contributed by atoms with Gasteiger partial charge in [0.15, 0.2) is 0 Å². The van der Waals surface area contributed by atoms with Crippen LogP contribution in [0.5, 0.6) is 0 Å². The van der Waals surface area contributed by atoms with Crippen molar-refractivity contribution < 1.29 is 4.42 Å². The van der Waals surface area contributed by atoms with Crippen LogP contribution in [0.1, 0.15) is 11.5 Å². The quantitative estimate of drug-likeness (QED) is 0.938. The van der Waals surface area contributed by atoms with Gasteiger partial charge in [-0.2, -0.15) is 0 Å². The molecule has 0 atom stereocenters. The molecule has 0 aliphatic rings. The number of rotatable bonds is 3. The predicted molar refractivity (Wildman–Crippen MR) is 64.9 cm³/mol. The molecule has 0 bridgehead atoms. The number of nitrogens with zero attached hydrogens (tertiary/aromatic N) is 2. The number of halogens is 1. The van der Waals surface area contributed by atoms with Crippen molar-refractivity contribution in [1.82, 2.24) is 10.2 Å². The second kappa shape index (κ2) is 4.76. The van der Waals surface area contributed by atoms with E-state index in [0.29, 0.717) is 24.7 Å². The van der Waals surface area contributed by atoms with Crippen LogP contribution < -0.4 is 5.73 Å². The van der Waals surface area contributed by atoms with Gasteiger partial charge in [-0.1, -0.05) is 12.1 Å². The molecule has 0 amide bonds. The van der Waals surface area contributed by atoms with Gasteiger partial charge in [-0.15, -0.1) is 10.2 Å². The third-order valence-corrected chi connectivity index (χ3v) is 3.30. The van der Waals surface area contributed by atoms with Crippen molar-refractivity contribution in [3.05, 3.63) is 34.1 Å². The zero-order valence-electron chi connectivity index (χ0n) is 8.90. The lowest BCUT2D eigenvalue weighted by molar-refractivity contribution is 0.507. The van der Waals surface area contributed by atoms with Crippen LogP contribution in [0.25, 0.3) is 11.5 Å². The topological polar surface area (TPSA) is 64.9 Å². The molecule has 0 fully saturated rings. The van der Waals surface area contributed by atoms with E-state index in [0.717, 1.165) is 15.6 Å². The summed E-state index contributed by atoms with van der Waals surface area (Å²) >= 11 is 3.51. The first-order valence-corrected chi connectivity index (χ1v) is 5.79. The van der Waals surface area contributed by atoms with Crippen molar-refractivity contribution in [3.63, 3.8) is 0 Å². The largest absolute Gasteiger partial charge is 0.421 e. The van der Waals surface area contributed by atoms with E-state index in [-0.39, 0.29) is 0 Å². The summed E-state index contributed by atoms with van der Waals surface area (Å²) in [6.07, 6.45) is 0.608. The second-order valence-corrected chi connectivity index (χ2v) is 4.27. The first-order valence-electron chi connectivity index (χ1n) is 5.00. The summed E-state index contributed by atoms with van der Waals surface area (Å²) in [6, 6.07) is 5.92. The van der Waals surface area contributed by atoms with Crippen LogP contribution in [0.4, 0.5) is 0 Å². The Bertz CT molecular complexity index is 496. The molecule has 4 nitrogen and oxygen atoms in total. The Morgan fingerprint density at radius 1 is 1.38 bits per heavy atom. The van der Waals surface area contributed by atoms with Gasteiger partial charge in [0, 0.05) is 17.4 Å². The van der Waals surface area contributed by atoms with E-state index in [1.54, 1.807) is 0 Å². The molecule has 0 radical (unpaired) electrons. The van der Waals surface area contributed by atoms with Gasteiger partial charge in [-0.25, -0.2) is 0 Å². The second-order valence-electron chi connectivity index (χ2n) is 3.48. The molecule has 0 aliphatic heterocycles. The van der Waals surface area contributed by atoms with E-state index >= 15 is 0 Å². The number of hydrogen-bond acceptors (Lipinski definition) is 4. The summed E-state index contributed by atoms with van der Waals surface area (Å²) in [6.45, 7) is 2.53. The van der Waals surface area contributed by atoms with Gasteiger partial charge in [0.05, 0.1) is 5.56 Å². The predicted octanol–water partition coefficient (Wildman–Crippen LogP) is 2.31. The summed E-state index contributed by atoms with van der Waals surface area (Å²) in [7, 11) is 0. The summed E-state index contributed by atoms with van der Waals surface area (Å²) in [5.74, 6) is 1.10. The van der Waals surface area contributed by atoms with Crippen molar-refractivity contribution in [3.8, 4) is 11.5 Å². The van der Waals surface area contributed by atoms with Crippen LogP contribution in [-0.2, 0) is 6.42 Å². The van der Waals surface area contributed by atoms with E-state index in [1.165, 1.54) is 0 Å². The van der Waals surface area contributed by atoms with Gasteiger partial charge >= 0.3 is 0 Å². The Hall–Kier alpha value is -1.20. The van der Waals surface area contributed by atoms with E-state index in [4.69, 9.17) is 10.2 Å². The molecule has 84 valence electrons. The third kappa shape index (κ3) is 2.15. The number of aromatic nitrogens is 2. The van der Waals surface area contributed by atoms with Crippen LogP contribution >= 0.6 is 15.9 Å². The maximum absolute atomic E-state index is 5.51. The fourth-order valence-electron chi connectivity index (χ4n) is 1.40. The zero-order valence-corrected chi connectivity index (χ0v) is 10.5. The molecule has 1 aromatic carbocycles. The average molecular weight is 282 g/mol. The van der Waals surface area contributed by atoms with Crippen molar-refractivity contribution >= 4 is 15.9 Å². The number of benzene rings is 1. The molecule has 0 saturated carbocycles. The minimum atomic E-state index is 0.511. The minimum absolute atomic E-state index is 0.511. The molecule has 16 heavy (non-hydrogen) atoms. The molecular weight excluding hydrogens is 270 g/mol. The smallest absolute Gasteiger partial charge is 0.248 e. The highest BCUT2D eigenvalue weighted by atomic mass is 79.9. The molecular formula is C11H12BrN3O. The van der Waals surface area contributed by atoms with Crippen molar-refractivity contribution in [2.75, 3.05) is 6.54 Å². The Morgan fingerprint density at radius 3 is 2.94 bits per heavy atom. The Kier molecular flexibility index (Phi) is 3.36. The van der Waals surface area contributed by atoms with Crippen LogP contribution in [0.3, 0.4) is 0 Å². The molecule has 5 heteroatoms. The normalized spacial score (nSPS) is 10.7. The van der Waals surface area contributed by atoms with E-state index in [1.807, 2.05) is 25.1 Å². The lowest BCUT2D eigenvalue weighted by Crippen LogP contribution is -2.02. The molecule has 0 spiro atoms. The highest BCUT2D eigenvalue weighted by Crippen LogP contribution is 2.29. The van der Waals surface area contributed by atoms with Crippen molar-refractivity contribution in [2.45, 2.75) is 13.3 Å². The monoisotopic (exact) mass is 281 g/mol. The Labute approximate surface area is 102 Å². The molecule has 1 heterocycles. The molecule has 2 N–H and O–H groups in total. The lowest BCUT2D eigenvalue weighted by Gasteiger charge is -2.01. The summed E-state index contributed by atoms with van der Waals surface area (Å²) in [5.41, 5.74) is 7.47. The molecule has 0 aliphatic carbocycles. The lowest BCUT2D eigenvalue weighted by atomic mass is 10.1. The van der Waals surface area contributed by atoms with Crippen molar-refractivity contribution in [1.29, 1.82) is 0 Å². The Morgan fingerprint density at radius 2 is 2.19 bits per heavy atom. The minimum Gasteiger partial charge on any atom is -0.421 e. The number of nitrogens with two attached hydrogens (primary N) is 1. The van der Waals surface area contributed by atoms with Crippen LogP contribution in [0, 0.1) is 6.92 Å². The molecule has 0 unspecified atom stereocenters. The summed E-state index contributed by atoms with van der Waals surface area (Å²) in [5, 5.41) is 7.94.